The molecule has 4 aromatic rings. The lowest BCUT2D eigenvalue weighted by atomic mass is 9.81. The topological polar surface area (TPSA) is 28.3 Å². The summed E-state index contributed by atoms with van der Waals surface area (Å²) < 4.78 is 20.2. The second kappa shape index (κ2) is 7.95. The summed E-state index contributed by atoms with van der Waals surface area (Å²) in [5, 5.41) is 1.22. The average molecular weight is 415 g/mol. The Kier molecular flexibility index (Phi) is 5.12. The Morgan fingerprint density at radius 2 is 1.87 bits per heavy atom. The van der Waals surface area contributed by atoms with E-state index in [1.807, 2.05) is 18.3 Å². The van der Waals surface area contributed by atoms with E-state index in [2.05, 4.69) is 66.4 Å². The first-order valence-electron chi connectivity index (χ1n) is 10.8. The van der Waals surface area contributed by atoms with Gasteiger partial charge in [-0.15, -0.1) is 0 Å². The van der Waals surface area contributed by atoms with Crippen LogP contribution in [-0.4, -0.2) is 30.5 Å². The summed E-state index contributed by atoms with van der Waals surface area (Å²) >= 11 is 0. The van der Waals surface area contributed by atoms with Crippen LogP contribution in [0, 0.1) is 5.82 Å². The van der Waals surface area contributed by atoms with Crippen LogP contribution in [0.15, 0.2) is 72.9 Å². The number of aromatic amines is 1. The molecular formula is C27H27FN2O. The number of halogens is 1. The maximum absolute atomic E-state index is 13.6. The number of hydrogen-bond donors (Lipinski definition) is 1. The Balaban J connectivity index is 1.57. The minimum absolute atomic E-state index is 0.222. The van der Waals surface area contributed by atoms with Crippen LogP contribution in [0.1, 0.15) is 29.5 Å². The highest BCUT2D eigenvalue weighted by molar-refractivity contribution is 5.95. The van der Waals surface area contributed by atoms with Crippen LogP contribution in [0.25, 0.3) is 22.0 Å². The molecule has 4 heteroatoms. The van der Waals surface area contributed by atoms with E-state index in [0.717, 1.165) is 30.5 Å². The number of benzene rings is 3. The van der Waals surface area contributed by atoms with Crippen molar-refractivity contribution in [1.29, 1.82) is 0 Å². The molecule has 0 bridgehead atoms. The molecule has 0 saturated heterocycles. The van der Waals surface area contributed by atoms with Gasteiger partial charge in [-0.1, -0.05) is 36.4 Å². The van der Waals surface area contributed by atoms with Crippen molar-refractivity contribution in [1.82, 2.24) is 9.88 Å². The monoisotopic (exact) mass is 414 g/mol. The van der Waals surface area contributed by atoms with Crippen LogP contribution in [0.2, 0.25) is 0 Å². The van der Waals surface area contributed by atoms with E-state index in [1.54, 1.807) is 0 Å². The zero-order valence-electron chi connectivity index (χ0n) is 18.0. The zero-order valence-corrected chi connectivity index (χ0v) is 18.0. The maximum Gasteiger partial charge on any atom is 0.123 e. The van der Waals surface area contributed by atoms with E-state index in [4.69, 9.17) is 4.74 Å². The highest BCUT2D eigenvalue weighted by Crippen LogP contribution is 2.46. The third-order valence-electron chi connectivity index (χ3n) is 6.37. The molecule has 1 unspecified atom stereocenters. The molecule has 0 amide bonds. The standard InChI is InChI=1S/C27H27FN2O/c1-30(2)16-4-14-27(21-8-10-22(28)11-9-21)25-12-7-19(17-20(25)18-31-27)23-5-3-6-26-24(23)13-15-29-26/h3,5-13,15,17,29H,4,14,16,18H2,1-2H3. The quantitative estimate of drug-likeness (QED) is 0.414. The van der Waals surface area contributed by atoms with Gasteiger partial charge in [0.25, 0.3) is 0 Å². The summed E-state index contributed by atoms with van der Waals surface area (Å²) in [6.07, 6.45) is 3.83. The fourth-order valence-corrected chi connectivity index (χ4v) is 4.84. The molecule has 0 radical (unpaired) electrons. The Morgan fingerprint density at radius 1 is 1.03 bits per heavy atom. The van der Waals surface area contributed by atoms with Crippen LogP contribution in [0.3, 0.4) is 0 Å². The van der Waals surface area contributed by atoms with Crippen molar-refractivity contribution in [2.45, 2.75) is 25.0 Å². The number of ether oxygens (including phenoxy) is 1. The molecule has 0 aliphatic carbocycles. The van der Waals surface area contributed by atoms with Gasteiger partial charge in [-0.2, -0.15) is 0 Å². The van der Waals surface area contributed by atoms with Gasteiger partial charge < -0.3 is 14.6 Å². The van der Waals surface area contributed by atoms with Gasteiger partial charge in [-0.3, -0.25) is 0 Å². The van der Waals surface area contributed by atoms with Crippen molar-refractivity contribution in [3.05, 3.63) is 95.4 Å². The summed E-state index contributed by atoms with van der Waals surface area (Å²) in [7, 11) is 4.17. The number of rotatable bonds is 6. The van der Waals surface area contributed by atoms with Crippen molar-refractivity contribution in [3.8, 4) is 11.1 Å². The zero-order chi connectivity index (χ0) is 21.4. The second-order valence-electron chi connectivity index (χ2n) is 8.65. The Hall–Kier alpha value is -2.95. The van der Waals surface area contributed by atoms with E-state index in [-0.39, 0.29) is 5.82 Å². The first-order valence-corrected chi connectivity index (χ1v) is 10.8. The van der Waals surface area contributed by atoms with E-state index in [0.29, 0.717) is 6.61 Å². The summed E-state index contributed by atoms with van der Waals surface area (Å²) in [5.41, 5.74) is 6.44. The molecule has 2 heterocycles. The lowest BCUT2D eigenvalue weighted by molar-refractivity contribution is -0.0140. The van der Waals surface area contributed by atoms with Gasteiger partial charge in [-0.05, 0) is 91.6 Å². The molecule has 1 aliphatic heterocycles. The first-order chi connectivity index (χ1) is 15.1. The number of fused-ring (bicyclic) bond motifs is 2. The highest BCUT2D eigenvalue weighted by atomic mass is 19.1. The SMILES string of the molecule is CN(C)CCCC1(c2ccc(F)cc2)OCc2cc(-c3cccc4[nH]ccc34)ccc21. The summed E-state index contributed by atoms with van der Waals surface area (Å²) in [5.74, 6) is -0.222. The molecule has 0 fully saturated rings. The maximum atomic E-state index is 13.6. The van der Waals surface area contributed by atoms with Gasteiger partial charge >= 0.3 is 0 Å². The van der Waals surface area contributed by atoms with Gasteiger partial charge in [0.1, 0.15) is 11.4 Å². The van der Waals surface area contributed by atoms with Crippen molar-refractivity contribution in [2.75, 3.05) is 20.6 Å². The lowest BCUT2D eigenvalue weighted by Gasteiger charge is -2.31. The molecule has 31 heavy (non-hydrogen) atoms. The molecular weight excluding hydrogens is 387 g/mol. The third kappa shape index (κ3) is 3.56. The number of nitrogens with zero attached hydrogens (tertiary/aromatic N) is 1. The number of hydrogen-bond acceptors (Lipinski definition) is 2. The second-order valence-corrected chi connectivity index (χ2v) is 8.65. The van der Waals surface area contributed by atoms with E-state index >= 15 is 0 Å². The average Bonchev–Trinajstić information content (AvgIpc) is 3.39. The molecule has 1 N–H and O–H groups in total. The van der Waals surface area contributed by atoms with Crippen LogP contribution in [-0.2, 0) is 16.9 Å². The van der Waals surface area contributed by atoms with Crippen molar-refractivity contribution in [3.63, 3.8) is 0 Å². The van der Waals surface area contributed by atoms with Gasteiger partial charge in [0.2, 0.25) is 0 Å². The molecule has 1 aliphatic rings. The van der Waals surface area contributed by atoms with Crippen molar-refractivity contribution >= 4 is 10.9 Å². The molecule has 158 valence electrons. The summed E-state index contributed by atoms with van der Waals surface area (Å²) in [6.45, 7) is 1.54. The predicted molar refractivity (Wildman–Crippen MR) is 123 cm³/mol. The van der Waals surface area contributed by atoms with E-state index < -0.39 is 5.60 Å². The van der Waals surface area contributed by atoms with Crippen molar-refractivity contribution < 1.29 is 9.13 Å². The van der Waals surface area contributed by atoms with Crippen molar-refractivity contribution in [2.24, 2.45) is 0 Å². The van der Waals surface area contributed by atoms with Crippen LogP contribution in [0.4, 0.5) is 4.39 Å². The fourth-order valence-electron chi connectivity index (χ4n) is 4.84. The van der Waals surface area contributed by atoms with E-state index in [1.165, 1.54) is 39.8 Å². The number of nitrogens with one attached hydrogen (secondary N) is 1. The molecule has 0 spiro atoms. The minimum Gasteiger partial charge on any atom is -0.361 e. The summed E-state index contributed by atoms with van der Waals surface area (Å²) in [4.78, 5) is 5.48. The molecule has 1 atom stereocenters. The normalized spacial score (nSPS) is 18.1. The third-order valence-corrected chi connectivity index (χ3v) is 6.37. The Labute approximate surface area is 182 Å². The Bertz CT molecular complexity index is 1210. The van der Waals surface area contributed by atoms with Gasteiger partial charge in [-0.25, -0.2) is 4.39 Å². The van der Waals surface area contributed by atoms with Crippen LogP contribution in [0.5, 0.6) is 0 Å². The smallest absolute Gasteiger partial charge is 0.123 e. The first kappa shape index (κ1) is 20.0. The predicted octanol–water partition coefficient (Wildman–Crippen LogP) is 6.09. The van der Waals surface area contributed by atoms with Gasteiger partial charge in [0, 0.05) is 17.1 Å². The highest BCUT2D eigenvalue weighted by Gasteiger charge is 2.41. The largest absolute Gasteiger partial charge is 0.361 e. The number of aromatic nitrogens is 1. The lowest BCUT2D eigenvalue weighted by Crippen LogP contribution is -2.28. The van der Waals surface area contributed by atoms with E-state index in [9.17, 15) is 4.39 Å². The van der Waals surface area contributed by atoms with Crippen LogP contribution < -0.4 is 0 Å². The Morgan fingerprint density at radius 3 is 2.68 bits per heavy atom. The fraction of sp³-hybridized carbons (Fsp3) is 0.259. The summed E-state index contributed by atoms with van der Waals surface area (Å²) in [6, 6.07) is 21.9. The minimum atomic E-state index is -0.530. The molecule has 1 aromatic heterocycles. The van der Waals surface area contributed by atoms with Crippen LogP contribution >= 0.6 is 0 Å². The molecule has 5 rings (SSSR count). The number of H-pyrrole nitrogens is 1. The van der Waals surface area contributed by atoms with Gasteiger partial charge in [0.15, 0.2) is 0 Å². The molecule has 3 aromatic carbocycles. The molecule has 3 nitrogen and oxygen atoms in total. The molecule has 0 saturated carbocycles. The van der Waals surface area contributed by atoms with Gasteiger partial charge in [0.05, 0.1) is 6.61 Å².